The SMILES string of the molecule is CC(c1cccc(Cl)c1)N(C)c1nc2c(s1)CCCC2O. The lowest BCUT2D eigenvalue weighted by Crippen LogP contribution is -2.21. The van der Waals surface area contributed by atoms with Crippen LogP contribution in [0.25, 0.3) is 0 Å². The summed E-state index contributed by atoms with van der Waals surface area (Å²) in [5.74, 6) is 0. The van der Waals surface area contributed by atoms with Gasteiger partial charge < -0.3 is 10.0 Å². The predicted molar refractivity (Wildman–Crippen MR) is 88.3 cm³/mol. The molecule has 1 N–H and O–H groups in total. The Balaban J connectivity index is 1.86. The molecule has 3 rings (SSSR count). The van der Waals surface area contributed by atoms with Crippen molar-refractivity contribution in [1.82, 2.24) is 4.98 Å². The highest BCUT2D eigenvalue weighted by molar-refractivity contribution is 7.15. The summed E-state index contributed by atoms with van der Waals surface area (Å²) < 4.78 is 0. The van der Waals surface area contributed by atoms with Gasteiger partial charge in [-0.3, -0.25) is 0 Å². The van der Waals surface area contributed by atoms with Crippen LogP contribution in [0, 0.1) is 0 Å². The Kier molecular flexibility index (Phi) is 4.20. The van der Waals surface area contributed by atoms with Crippen molar-refractivity contribution < 1.29 is 5.11 Å². The minimum absolute atomic E-state index is 0.188. The number of rotatable bonds is 3. The van der Waals surface area contributed by atoms with E-state index in [9.17, 15) is 5.11 Å². The fourth-order valence-electron chi connectivity index (χ4n) is 2.69. The summed E-state index contributed by atoms with van der Waals surface area (Å²) in [6, 6.07) is 8.11. The maximum Gasteiger partial charge on any atom is 0.186 e. The molecule has 0 fully saturated rings. The zero-order valence-electron chi connectivity index (χ0n) is 12.2. The molecular formula is C16H19ClN2OS. The number of aliphatic hydroxyl groups excluding tert-OH is 1. The molecule has 3 nitrogen and oxygen atoms in total. The van der Waals surface area contributed by atoms with E-state index >= 15 is 0 Å². The van der Waals surface area contributed by atoms with E-state index in [0.717, 1.165) is 35.1 Å². The van der Waals surface area contributed by atoms with Crippen molar-refractivity contribution in [2.75, 3.05) is 11.9 Å². The molecule has 5 heteroatoms. The predicted octanol–water partition coefficient (Wildman–Crippen LogP) is 4.36. The summed E-state index contributed by atoms with van der Waals surface area (Å²) in [6.45, 7) is 2.14. The lowest BCUT2D eigenvalue weighted by molar-refractivity contribution is 0.153. The van der Waals surface area contributed by atoms with Gasteiger partial charge in [0.25, 0.3) is 0 Å². The quantitative estimate of drug-likeness (QED) is 0.912. The van der Waals surface area contributed by atoms with Gasteiger partial charge >= 0.3 is 0 Å². The second kappa shape index (κ2) is 5.95. The molecular weight excluding hydrogens is 304 g/mol. The Bertz CT molecular complexity index is 643. The first-order valence-electron chi connectivity index (χ1n) is 7.22. The van der Waals surface area contributed by atoms with Crippen LogP contribution >= 0.6 is 22.9 Å². The molecule has 1 heterocycles. The number of aromatic nitrogens is 1. The van der Waals surface area contributed by atoms with E-state index in [4.69, 9.17) is 11.6 Å². The van der Waals surface area contributed by atoms with Crippen molar-refractivity contribution in [1.29, 1.82) is 0 Å². The number of hydrogen-bond donors (Lipinski definition) is 1. The average molecular weight is 323 g/mol. The Hall–Kier alpha value is -1.10. The third kappa shape index (κ3) is 2.93. The van der Waals surface area contributed by atoms with Crippen molar-refractivity contribution in [2.24, 2.45) is 0 Å². The van der Waals surface area contributed by atoms with Crippen LogP contribution in [0.2, 0.25) is 5.02 Å². The van der Waals surface area contributed by atoms with Gasteiger partial charge in [0.2, 0.25) is 0 Å². The lowest BCUT2D eigenvalue weighted by Gasteiger charge is -2.24. The molecule has 2 atom stereocenters. The number of benzene rings is 1. The normalized spacial score (nSPS) is 19.1. The summed E-state index contributed by atoms with van der Waals surface area (Å²) in [5.41, 5.74) is 2.05. The van der Waals surface area contributed by atoms with Crippen LogP contribution in [0.4, 0.5) is 5.13 Å². The minimum Gasteiger partial charge on any atom is -0.387 e. The first kappa shape index (κ1) is 14.8. The van der Waals surface area contributed by atoms with Crippen LogP contribution in [0.15, 0.2) is 24.3 Å². The summed E-state index contributed by atoms with van der Waals surface area (Å²) in [4.78, 5) is 8.05. The van der Waals surface area contributed by atoms with Gasteiger partial charge in [0, 0.05) is 16.9 Å². The van der Waals surface area contributed by atoms with Crippen molar-refractivity contribution in [2.45, 2.75) is 38.3 Å². The standard InChI is InChI=1S/C16H19ClN2OS/c1-10(11-5-3-6-12(17)9-11)19(2)16-18-15-13(20)7-4-8-14(15)21-16/h3,5-6,9-10,13,20H,4,7-8H2,1-2H3. The first-order valence-corrected chi connectivity index (χ1v) is 8.41. The summed E-state index contributed by atoms with van der Waals surface area (Å²) in [5, 5.41) is 11.8. The summed E-state index contributed by atoms with van der Waals surface area (Å²) >= 11 is 7.77. The highest BCUT2D eigenvalue weighted by Crippen LogP contribution is 2.38. The molecule has 0 spiro atoms. The molecule has 0 saturated heterocycles. The number of aryl methyl sites for hydroxylation is 1. The monoisotopic (exact) mass is 322 g/mol. The number of anilines is 1. The molecule has 2 aromatic rings. The highest BCUT2D eigenvalue weighted by Gasteiger charge is 2.25. The molecule has 1 aliphatic carbocycles. The van der Waals surface area contributed by atoms with Crippen LogP contribution < -0.4 is 4.90 Å². The van der Waals surface area contributed by atoms with Gasteiger partial charge in [-0.05, 0) is 43.9 Å². The number of aliphatic hydroxyl groups is 1. The van der Waals surface area contributed by atoms with Crippen LogP contribution in [0.3, 0.4) is 0 Å². The van der Waals surface area contributed by atoms with Gasteiger partial charge in [0.1, 0.15) is 0 Å². The Labute approximate surface area is 134 Å². The Morgan fingerprint density at radius 3 is 3.00 bits per heavy atom. The third-order valence-corrected chi connectivity index (χ3v) is 5.58. The maximum atomic E-state index is 10.1. The Morgan fingerprint density at radius 1 is 1.48 bits per heavy atom. The third-order valence-electron chi connectivity index (χ3n) is 4.13. The number of nitrogens with zero attached hydrogens (tertiary/aromatic N) is 2. The zero-order chi connectivity index (χ0) is 15.0. The van der Waals surface area contributed by atoms with Crippen LogP contribution in [-0.2, 0) is 6.42 Å². The van der Waals surface area contributed by atoms with Crippen molar-refractivity contribution in [3.05, 3.63) is 45.4 Å². The number of hydrogen-bond acceptors (Lipinski definition) is 4. The van der Waals surface area contributed by atoms with E-state index in [1.54, 1.807) is 11.3 Å². The lowest BCUT2D eigenvalue weighted by atomic mass is 10.0. The van der Waals surface area contributed by atoms with E-state index in [2.05, 4.69) is 22.9 Å². The molecule has 2 unspecified atom stereocenters. The molecule has 0 saturated carbocycles. The summed E-state index contributed by atoms with van der Waals surface area (Å²) in [7, 11) is 2.04. The maximum absolute atomic E-state index is 10.1. The highest BCUT2D eigenvalue weighted by atomic mass is 35.5. The molecule has 0 radical (unpaired) electrons. The fraction of sp³-hybridized carbons (Fsp3) is 0.438. The molecule has 0 aliphatic heterocycles. The van der Waals surface area contributed by atoms with Crippen LogP contribution in [0.5, 0.6) is 0 Å². The molecule has 0 bridgehead atoms. The fourth-order valence-corrected chi connectivity index (χ4v) is 4.09. The molecule has 1 aliphatic rings. The van der Waals surface area contributed by atoms with E-state index < -0.39 is 6.10 Å². The van der Waals surface area contributed by atoms with E-state index in [0.29, 0.717) is 0 Å². The average Bonchev–Trinajstić information content (AvgIpc) is 2.91. The number of halogens is 1. The van der Waals surface area contributed by atoms with Gasteiger partial charge in [0.05, 0.1) is 17.8 Å². The first-order chi connectivity index (χ1) is 10.1. The minimum atomic E-state index is -0.395. The molecule has 0 amide bonds. The van der Waals surface area contributed by atoms with Gasteiger partial charge in [-0.15, -0.1) is 11.3 Å². The smallest absolute Gasteiger partial charge is 0.186 e. The largest absolute Gasteiger partial charge is 0.387 e. The molecule has 1 aromatic carbocycles. The van der Waals surface area contributed by atoms with Crippen molar-refractivity contribution in [3.63, 3.8) is 0 Å². The van der Waals surface area contributed by atoms with E-state index in [1.807, 2.05) is 25.2 Å². The van der Waals surface area contributed by atoms with E-state index in [-0.39, 0.29) is 6.04 Å². The van der Waals surface area contributed by atoms with Crippen LogP contribution in [-0.4, -0.2) is 17.1 Å². The Morgan fingerprint density at radius 2 is 2.29 bits per heavy atom. The number of thiazole rings is 1. The van der Waals surface area contributed by atoms with Gasteiger partial charge in [-0.2, -0.15) is 0 Å². The van der Waals surface area contributed by atoms with E-state index in [1.165, 1.54) is 10.4 Å². The summed E-state index contributed by atoms with van der Waals surface area (Å²) in [6.07, 6.45) is 2.50. The van der Waals surface area contributed by atoms with Crippen LogP contribution in [0.1, 0.15) is 48.0 Å². The van der Waals surface area contributed by atoms with Gasteiger partial charge in [-0.25, -0.2) is 4.98 Å². The van der Waals surface area contributed by atoms with Crippen molar-refractivity contribution in [3.8, 4) is 0 Å². The van der Waals surface area contributed by atoms with Gasteiger partial charge in [-0.1, -0.05) is 23.7 Å². The topological polar surface area (TPSA) is 36.4 Å². The number of fused-ring (bicyclic) bond motifs is 1. The second-order valence-corrected chi connectivity index (χ2v) is 7.05. The van der Waals surface area contributed by atoms with Crippen molar-refractivity contribution >= 4 is 28.1 Å². The molecule has 1 aromatic heterocycles. The molecule has 21 heavy (non-hydrogen) atoms. The second-order valence-electron chi connectivity index (χ2n) is 5.55. The zero-order valence-corrected chi connectivity index (χ0v) is 13.8. The molecule has 112 valence electrons. The van der Waals surface area contributed by atoms with Gasteiger partial charge in [0.15, 0.2) is 5.13 Å².